The van der Waals surface area contributed by atoms with Gasteiger partial charge in [0.2, 0.25) is 5.91 Å². The van der Waals surface area contributed by atoms with Crippen molar-refractivity contribution < 1.29 is 27.6 Å². The molecule has 9 heteroatoms. The summed E-state index contributed by atoms with van der Waals surface area (Å²) in [5.74, 6) is -0.891. The van der Waals surface area contributed by atoms with Gasteiger partial charge in [-0.2, -0.15) is 13.2 Å². The Bertz CT molecular complexity index is 1640. The Morgan fingerprint density at radius 1 is 0.884 bits per heavy atom. The van der Waals surface area contributed by atoms with Crippen molar-refractivity contribution in [2.45, 2.75) is 25.9 Å². The van der Waals surface area contributed by atoms with Crippen molar-refractivity contribution in [1.82, 2.24) is 5.32 Å². The van der Waals surface area contributed by atoms with Gasteiger partial charge < -0.3 is 15.1 Å². The fourth-order valence-corrected chi connectivity index (χ4v) is 5.24. The van der Waals surface area contributed by atoms with E-state index in [9.17, 15) is 27.6 Å². The molecule has 5 rings (SSSR count). The first kappa shape index (κ1) is 29.6. The van der Waals surface area contributed by atoms with Crippen molar-refractivity contribution in [3.8, 4) is 11.1 Å². The van der Waals surface area contributed by atoms with Gasteiger partial charge in [-0.15, -0.1) is 0 Å². The third-order valence-electron chi connectivity index (χ3n) is 7.38. The number of rotatable bonds is 8. The van der Waals surface area contributed by atoms with E-state index in [-0.39, 0.29) is 18.4 Å². The topological polar surface area (TPSA) is 69.7 Å². The highest BCUT2D eigenvalue weighted by Gasteiger charge is 2.31. The van der Waals surface area contributed by atoms with E-state index in [1.54, 1.807) is 52.3 Å². The van der Waals surface area contributed by atoms with Crippen LogP contribution in [0.2, 0.25) is 0 Å². The summed E-state index contributed by atoms with van der Waals surface area (Å²) in [5, 5.41) is 2.72. The average Bonchev–Trinajstić information content (AvgIpc) is 3.45. The lowest BCUT2D eigenvalue weighted by molar-refractivity contribution is -0.137. The molecule has 0 aromatic heterocycles. The third kappa shape index (κ3) is 6.45. The van der Waals surface area contributed by atoms with Gasteiger partial charge in [0.25, 0.3) is 11.8 Å². The molecule has 0 bridgehead atoms. The van der Waals surface area contributed by atoms with Crippen LogP contribution >= 0.6 is 0 Å². The molecule has 1 aliphatic rings. The smallest absolute Gasteiger partial charge is 0.343 e. The number of carbonyl (C=O) groups is 3. The zero-order valence-corrected chi connectivity index (χ0v) is 23.5. The van der Waals surface area contributed by atoms with Crippen molar-refractivity contribution in [3.63, 3.8) is 0 Å². The summed E-state index contributed by atoms with van der Waals surface area (Å²) in [6.07, 6.45) is -3.15. The number of nitrogens with one attached hydrogen (secondary N) is 1. The number of anilines is 2. The van der Waals surface area contributed by atoms with Crippen LogP contribution in [0, 0.1) is 0 Å². The highest BCUT2D eigenvalue weighted by Crippen LogP contribution is 2.34. The fraction of sp³-hybridized carbons (Fsp3) is 0.206. The Morgan fingerprint density at radius 3 is 2.28 bits per heavy atom. The van der Waals surface area contributed by atoms with Gasteiger partial charge in [-0.1, -0.05) is 55.5 Å². The molecule has 0 atom stereocenters. The Labute approximate surface area is 247 Å². The first-order valence-corrected chi connectivity index (χ1v) is 14.0. The minimum Gasteiger partial charge on any atom is -0.343 e. The number of benzene rings is 4. The van der Waals surface area contributed by atoms with E-state index in [2.05, 4.69) is 5.32 Å². The molecule has 1 aliphatic heterocycles. The number of fused-ring (bicyclic) bond motifs is 1. The van der Waals surface area contributed by atoms with E-state index in [0.717, 1.165) is 29.8 Å². The van der Waals surface area contributed by atoms with Crippen LogP contribution in [0.5, 0.6) is 0 Å². The van der Waals surface area contributed by atoms with Crippen molar-refractivity contribution in [2.75, 3.05) is 29.4 Å². The molecule has 0 aliphatic carbocycles. The predicted octanol–water partition coefficient (Wildman–Crippen LogP) is 6.75. The Hall–Kier alpha value is -4.92. The average molecular weight is 586 g/mol. The van der Waals surface area contributed by atoms with E-state index in [0.29, 0.717) is 47.5 Å². The largest absolute Gasteiger partial charge is 0.416 e. The molecule has 220 valence electrons. The summed E-state index contributed by atoms with van der Waals surface area (Å²) >= 11 is 0. The number of carbonyl (C=O) groups excluding carboxylic acids is 3. The summed E-state index contributed by atoms with van der Waals surface area (Å²) in [5.41, 5.74) is 3.27. The second-order valence-electron chi connectivity index (χ2n) is 10.2. The zero-order chi connectivity index (χ0) is 30.6. The van der Waals surface area contributed by atoms with Gasteiger partial charge in [-0.25, -0.2) is 0 Å². The lowest BCUT2D eigenvalue weighted by Crippen LogP contribution is -2.40. The maximum absolute atomic E-state index is 13.7. The van der Waals surface area contributed by atoms with Crippen LogP contribution < -0.4 is 15.1 Å². The molecule has 0 unspecified atom stereocenters. The van der Waals surface area contributed by atoms with Crippen LogP contribution in [-0.2, 0) is 17.4 Å². The van der Waals surface area contributed by atoms with Crippen LogP contribution in [0.3, 0.4) is 0 Å². The molecule has 0 radical (unpaired) electrons. The molecule has 43 heavy (non-hydrogen) atoms. The number of hydrogen-bond acceptors (Lipinski definition) is 3. The van der Waals surface area contributed by atoms with E-state index < -0.39 is 17.6 Å². The zero-order valence-electron chi connectivity index (χ0n) is 23.5. The highest BCUT2D eigenvalue weighted by atomic mass is 19.4. The van der Waals surface area contributed by atoms with Gasteiger partial charge in [0.1, 0.15) is 0 Å². The van der Waals surface area contributed by atoms with Crippen LogP contribution in [0.4, 0.5) is 24.5 Å². The first-order chi connectivity index (χ1) is 20.7. The molecule has 1 heterocycles. The van der Waals surface area contributed by atoms with E-state index in [1.807, 2.05) is 37.3 Å². The van der Waals surface area contributed by atoms with Gasteiger partial charge >= 0.3 is 6.18 Å². The summed E-state index contributed by atoms with van der Waals surface area (Å²) in [4.78, 5) is 42.8. The number of alkyl halides is 3. The third-order valence-corrected chi connectivity index (χ3v) is 7.38. The van der Waals surface area contributed by atoms with Crippen molar-refractivity contribution in [1.29, 1.82) is 0 Å². The van der Waals surface area contributed by atoms with Gasteiger partial charge in [0, 0.05) is 35.6 Å². The quantitative estimate of drug-likeness (QED) is 0.249. The second-order valence-corrected chi connectivity index (χ2v) is 10.2. The van der Waals surface area contributed by atoms with E-state index in [4.69, 9.17) is 0 Å². The normalized spacial score (nSPS) is 12.5. The Kier molecular flexibility index (Phi) is 8.61. The summed E-state index contributed by atoms with van der Waals surface area (Å²) in [7, 11) is 0. The molecule has 6 nitrogen and oxygen atoms in total. The molecule has 0 saturated carbocycles. The molecular formula is C34H30F3N3O3. The van der Waals surface area contributed by atoms with Gasteiger partial charge in [0.05, 0.1) is 12.1 Å². The molecule has 0 spiro atoms. The van der Waals surface area contributed by atoms with Crippen LogP contribution in [0.25, 0.3) is 11.1 Å². The summed E-state index contributed by atoms with van der Waals surface area (Å²) < 4.78 is 39.2. The molecular weight excluding hydrogens is 555 g/mol. The maximum atomic E-state index is 13.7. The number of halogens is 3. The van der Waals surface area contributed by atoms with Gasteiger partial charge in [-0.05, 0) is 78.1 Å². The SMILES string of the molecule is CCCN(C(=O)CNC(=O)c1ccc2c(c1)CCN2C(=O)c1ccccc1-c1ccc(C(F)(F)F)cc1)c1ccccc1. The van der Waals surface area contributed by atoms with E-state index in [1.165, 1.54) is 12.1 Å². The second kappa shape index (κ2) is 12.5. The minimum absolute atomic E-state index is 0.157. The predicted molar refractivity (Wildman–Crippen MR) is 160 cm³/mol. The number of amides is 3. The highest BCUT2D eigenvalue weighted by molar-refractivity contribution is 6.11. The lowest BCUT2D eigenvalue weighted by atomic mass is 9.97. The maximum Gasteiger partial charge on any atom is 0.416 e. The molecule has 0 fully saturated rings. The molecule has 4 aromatic carbocycles. The molecule has 3 amide bonds. The number of nitrogens with zero attached hydrogens (tertiary/aromatic N) is 2. The van der Waals surface area contributed by atoms with Crippen molar-refractivity contribution in [2.24, 2.45) is 0 Å². The fourth-order valence-electron chi connectivity index (χ4n) is 5.24. The molecule has 1 N–H and O–H groups in total. The van der Waals surface area contributed by atoms with Crippen molar-refractivity contribution in [3.05, 3.63) is 119 Å². The first-order valence-electron chi connectivity index (χ1n) is 14.0. The van der Waals surface area contributed by atoms with Crippen LogP contribution in [0.1, 0.15) is 45.2 Å². The Balaban J connectivity index is 1.29. The monoisotopic (exact) mass is 585 g/mol. The molecule has 4 aromatic rings. The van der Waals surface area contributed by atoms with Gasteiger partial charge in [0.15, 0.2) is 0 Å². The van der Waals surface area contributed by atoms with Crippen LogP contribution in [0.15, 0.2) is 97.1 Å². The van der Waals surface area contributed by atoms with Gasteiger partial charge in [-0.3, -0.25) is 14.4 Å². The van der Waals surface area contributed by atoms with E-state index >= 15 is 0 Å². The minimum atomic E-state index is -4.45. The van der Waals surface area contributed by atoms with Crippen LogP contribution in [-0.4, -0.2) is 37.4 Å². The van der Waals surface area contributed by atoms with Crippen molar-refractivity contribution >= 4 is 29.1 Å². The number of para-hydroxylation sites is 1. The summed E-state index contributed by atoms with van der Waals surface area (Å²) in [6, 6.07) is 25.9. The summed E-state index contributed by atoms with van der Waals surface area (Å²) in [6.45, 7) is 2.75. The standard InChI is InChI=1S/C34H30F3N3O3/c1-2-19-39(27-8-4-3-5-9-27)31(41)22-38-32(42)25-14-17-30-24(21-25)18-20-40(30)33(43)29-11-7-6-10-28(29)23-12-15-26(16-13-23)34(35,36)37/h3-17,21H,2,18-20,22H2,1H3,(H,38,42). The number of hydrogen-bond donors (Lipinski definition) is 1. The lowest BCUT2D eigenvalue weighted by Gasteiger charge is -2.22. The Morgan fingerprint density at radius 2 is 1.58 bits per heavy atom. The molecule has 0 saturated heterocycles.